The van der Waals surface area contributed by atoms with Crippen molar-refractivity contribution >= 4 is 11.6 Å². The van der Waals surface area contributed by atoms with Gasteiger partial charge in [-0.15, -0.1) is 0 Å². The fourth-order valence-corrected chi connectivity index (χ4v) is 1.41. The molecule has 0 amide bonds. The monoisotopic (exact) mass is 207 g/mol. The summed E-state index contributed by atoms with van der Waals surface area (Å²) in [6, 6.07) is 1.83. The van der Waals surface area contributed by atoms with Crippen LogP contribution in [0.25, 0.3) is 0 Å². The number of nitrogens with zero attached hydrogens (tertiary/aromatic N) is 2. The van der Waals surface area contributed by atoms with Gasteiger partial charge in [-0.2, -0.15) is 0 Å². The average molecular weight is 207 g/mol. The van der Waals surface area contributed by atoms with Crippen molar-refractivity contribution in [1.82, 2.24) is 9.97 Å². The van der Waals surface area contributed by atoms with Crippen LogP contribution in [0.1, 0.15) is 37.9 Å². The highest BCUT2D eigenvalue weighted by atomic mass is 15.3. The molecule has 1 aliphatic rings. The minimum atomic E-state index is 0.542. The molecule has 4 N–H and O–H groups in total. The summed E-state index contributed by atoms with van der Waals surface area (Å²) < 4.78 is 0. The Morgan fingerprint density at radius 3 is 2.73 bits per heavy atom. The van der Waals surface area contributed by atoms with Gasteiger partial charge in [0.05, 0.1) is 0 Å². The Labute approximate surface area is 89.5 Å². The van der Waals surface area contributed by atoms with Crippen LogP contribution in [-0.4, -0.2) is 16.5 Å². The van der Waals surface area contributed by atoms with Crippen LogP contribution in [0.4, 0.5) is 11.6 Å². The quantitative estimate of drug-likeness (QED) is 0.503. The Morgan fingerprint density at radius 2 is 2.13 bits per heavy atom. The van der Waals surface area contributed by atoms with Crippen LogP contribution >= 0.6 is 0 Å². The maximum absolute atomic E-state index is 5.37. The molecule has 1 saturated carbocycles. The van der Waals surface area contributed by atoms with Crippen LogP contribution in [-0.2, 0) is 0 Å². The van der Waals surface area contributed by atoms with Crippen molar-refractivity contribution in [2.75, 3.05) is 17.3 Å². The maximum atomic E-state index is 5.37. The molecule has 0 spiro atoms. The van der Waals surface area contributed by atoms with E-state index in [0.29, 0.717) is 11.7 Å². The molecular weight excluding hydrogens is 190 g/mol. The van der Waals surface area contributed by atoms with Crippen LogP contribution in [0.15, 0.2) is 6.07 Å². The second kappa shape index (κ2) is 4.44. The molecule has 15 heavy (non-hydrogen) atoms. The number of anilines is 2. The van der Waals surface area contributed by atoms with E-state index in [1.54, 1.807) is 0 Å². The van der Waals surface area contributed by atoms with Gasteiger partial charge in [-0.25, -0.2) is 15.8 Å². The molecule has 0 atom stereocenters. The van der Waals surface area contributed by atoms with Crippen LogP contribution in [0.3, 0.4) is 0 Å². The van der Waals surface area contributed by atoms with E-state index in [1.165, 1.54) is 12.8 Å². The average Bonchev–Trinajstić information content (AvgIpc) is 3.09. The highest BCUT2D eigenvalue weighted by Crippen LogP contribution is 2.38. The summed E-state index contributed by atoms with van der Waals surface area (Å²) in [5, 5.41) is 3.25. The third-order valence-electron chi connectivity index (χ3n) is 2.39. The molecule has 0 saturated heterocycles. The number of hydrogen-bond donors (Lipinski definition) is 3. The van der Waals surface area contributed by atoms with Gasteiger partial charge >= 0.3 is 0 Å². The predicted molar refractivity (Wildman–Crippen MR) is 60.6 cm³/mol. The number of hydrazine groups is 1. The molecule has 0 aliphatic heterocycles. The molecule has 1 aromatic rings. The molecule has 5 heteroatoms. The summed E-state index contributed by atoms with van der Waals surface area (Å²) in [7, 11) is 0. The number of nitrogen functional groups attached to an aromatic ring is 1. The molecule has 2 rings (SSSR count). The van der Waals surface area contributed by atoms with Gasteiger partial charge in [0.15, 0.2) is 0 Å². The molecule has 82 valence electrons. The van der Waals surface area contributed by atoms with Gasteiger partial charge in [0, 0.05) is 18.5 Å². The lowest BCUT2D eigenvalue weighted by Gasteiger charge is -2.08. The zero-order chi connectivity index (χ0) is 10.7. The largest absolute Gasteiger partial charge is 0.370 e. The van der Waals surface area contributed by atoms with E-state index >= 15 is 0 Å². The minimum absolute atomic E-state index is 0.542. The summed E-state index contributed by atoms with van der Waals surface area (Å²) in [5.41, 5.74) is 2.58. The van der Waals surface area contributed by atoms with E-state index in [-0.39, 0.29) is 0 Å². The Bertz CT molecular complexity index is 335. The first-order valence-electron chi connectivity index (χ1n) is 5.43. The Hall–Kier alpha value is -1.36. The molecule has 1 fully saturated rings. The smallest absolute Gasteiger partial charge is 0.145 e. The zero-order valence-corrected chi connectivity index (χ0v) is 8.95. The summed E-state index contributed by atoms with van der Waals surface area (Å²) in [4.78, 5) is 8.80. The van der Waals surface area contributed by atoms with Crippen molar-refractivity contribution in [3.8, 4) is 0 Å². The van der Waals surface area contributed by atoms with E-state index in [1.807, 2.05) is 6.07 Å². The van der Waals surface area contributed by atoms with Crippen LogP contribution in [0.5, 0.6) is 0 Å². The molecule has 1 aromatic heterocycles. The van der Waals surface area contributed by atoms with Gasteiger partial charge in [0.1, 0.15) is 17.5 Å². The zero-order valence-electron chi connectivity index (χ0n) is 8.95. The minimum Gasteiger partial charge on any atom is -0.370 e. The molecule has 0 bridgehead atoms. The number of rotatable bonds is 5. The number of nitrogens with two attached hydrogens (primary N) is 1. The highest BCUT2D eigenvalue weighted by Gasteiger charge is 2.27. The van der Waals surface area contributed by atoms with Gasteiger partial charge in [0.2, 0.25) is 0 Å². The number of hydrogen-bond acceptors (Lipinski definition) is 5. The van der Waals surface area contributed by atoms with Crippen molar-refractivity contribution in [1.29, 1.82) is 0 Å². The first kappa shape index (κ1) is 10.2. The number of nitrogens with one attached hydrogen (secondary N) is 2. The van der Waals surface area contributed by atoms with Gasteiger partial charge in [-0.1, -0.05) is 6.92 Å². The van der Waals surface area contributed by atoms with Crippen LogP contribution in [0.2, 0.25) is 0 Å². The summed E-state index contributed by atoms with van der Waals surface area (Å²) >= 11 is 0. The van der Waals surface area contributed by atoms with Gasteiger partial charge in [-0.05, 0) is 19.3 Å². The highest BCUT2D eigenvalue weighted by molar-refractivity contribution is 5.47. The Morgan fingerprint density at radius 1 is 1.40 bits per heavy atom. The normalized spacial score (nSPS) is 15.1. The Balaban J connectivity index is 2.16. The SMILES string of the molecule is CCCNc1cc(NN)nc(C2CC2)n1. The molecule has 0 radical (unpaired) electrons. The lowest BCUT2D eigenvalue weighted by Crippen LogP contribution is -2.12. The van der Waals surface area contributed by atoms with Crippen molar-refractivity contribution in [2.24, 2.45) is 5.84 Å². The topological polar surface area (TPSA) is 75.9 Å². The molecular formula is C10H17N5. The molecule has 1 aliphatic carbocycles. The first-order chi connectivity index (χ1) is 7.33. The fraction of sp³-hybridized carbons (Fsp3) is 0.600. The Kier molecular flexibility index (Phi) is 3.01. The number of aromatic nitrogens is 2. The predicted octanol–water partition coefficient (Wildman–Crippen LogP) is 1.46. The van der Waals surface area contributed by atoms with Crippen LogP contribution < -0.4 is 16.6 Å². The summed E-state index contributed by atoms with van der Waals surface area (Å²) in [5.74, 6) is 8.37. The fourth-order valence-electron chi connectivity index (χ4n) is 1.41. The lowest BCUT2D eigenvalue weighted by atomic mass is 10.3. The second-order valence-electron chi connectivity index (χ2n) is 3.84. The van der Waals surface area contributed by atoms with Crippen molar-refractivity contribution < 1.29 is 0 Å². The standard InChI is InChI=1S/C10H17N5/c1-2-5-12-8-6-9(15-11)14-10(13-8)7-3-4-7/h6-7H,2-5,11H2,1H3,(H2,12,13,14,15). The summed E-state index contributed by atoms with van der Waals surface area (Å²) in [6.07, 6.45) is 3.47. The van der Waals surface area contributed by atoms with Crippen molar-refractivity contribution in [3.63, 3.8) is 0 Å². The molecule has 0 aromatic carbocycles. The molecule has 5 nitrogen and oxygen atoms in total. The van der Waals surface area contributed by atoms with E-state index in [9.17, 15) is 0 Å². The lowest BCUT2D eigenvalue weighted by molar-refractivity contribution is 0.908. The van der Waals surface area contributed by atoms with E-state index in [2.05, 4.69) is 27.6 Å². The summed E-state index contributed by atoms with van der Waals surface area (Å²) in [6.45, 7) is 3.04. The first-order valence-corrected chi connectivity index (χ1v) is 5.43. The van der Waals surface area contributed by atoms with Crippen molar-refractivity contribution in [3.05, 3.63) is 11.9 Å². The van der Waals surface area contributed by atoms with E-state index < -0.39 is 0 Å². The van der Waals surface area contributed by atoms with E-state index in [4.69, 9.17) is 5.84 Å². The maximum Gasteiger partial charge on any atom is 0.145 e. The third kappa shape index (κ3) is 2.56. The van der Waals surface area contributed by atoms with Gasteiger partial charge in [-0.3, -0.25) is 0 Å². The third-order valence-corrected chi connectivity index (χ3v) is 2.39. The van der Waals surface area contributed by atoms with Crippen molar-refractivity contribution in [2.45, 2.75) is 32.1 Å². The van der Waals surface area contributed by atoms with Gasteiger partial charge < -0.3 is 10.7 Å². The van der Waals surface area contributed by atoms with Crippen LogP contribution in [0, 0.1) is 0 Å². The molecule has 0 unspecified atom stereocenters. The van der Waals surface area contributed by atoms with E-state index in [0.717, 1.165) is 24.6 Å². The second-order valence-corrected chi connectivity index (χ2v) is 3.84. The molecule has 1 heterocycles. The van der Waals surface area contributed by atoms with Gasteiger partial charge in [0.25, 0.3) is 0 Å².